The third-order valence-corrected chi connectivity index (χ3v) is 2.13. The first kappa shape index (κ1) is 11.5. The average Bonchev–Trinajstić information content (AvgIpc) is 2.77. The predicted octanol–water partition coefficient (Wildman–Crippen LogP) is 2.19. The van der Waals surface area contributed by atoms with Gasteiger partial charge in [0.05, 0.1) is 12.8 Å². The molecule has 0 bridgehead atoms. The van der Waals surface area contributed by atoms with Crippen molar-refractivity contribution in [2.45, 2.75) is 6.54 Å². The standard InChI is InChI=1S/C12H14N2O3/c1-13-7-9-8-16-12(14-9)17-11-5-3-4-10(6-11)15-2/h3-6,8,13H,7H2,1-2H3. The van der Waals surface area contributed by atoms with Crippen LogP contribution in [0.3, 0.4) is 0 Å². The third-order valence-electron chi connectivity index (χ3n) is 2.13. The Bertz CT molecular complexity index is 482. The first-order valence-corrected chi connectivity index (χ1v) is 5.22. The molecule has 1 N–H and O–H groups in total. The number of ether oxygens (including phenoxy) is 2. The van der Waals surface area contributed by atoms with E-state index in [1.165, 1.54) is 0 Å². The molecule has 0 unspecified atom stereocenters. The Morgan fingerprint density at radius 1 is 1.35 bits per heavy atom. The van der Waals surface area contributed by atoms with Gasteiger partial charge in [-0.2, -0.15) is 4.98 Å². The number of nitrogens with zero attached hydrogens (tertiary/aromatic N) is 1. The molecular formula is C12H14N2O3. The zero-order valence-electron chi connectivity index (χ0n) is 9.77. The summed E-state index contributed by atoms with van der Waals surface area (Å²) < 4.78 is 15.7. The van der Waals surface area contributed by atoms with E-state index in [2.05, 4.69) is 10.3 Å². The fourth-order valence-electron chi connectivity index (χ4n) is 1.36. The normalized spacial score (nSPS) is 10.2. The zero-order valence-corrected chi connectivity index (χ0v) is 9.77. The van der Waals surface area contributed by atoms with Gasteiger partial charge in [-0.15, -0.1) is 0 Å². The molecule has 5 nitrogen and oxygen atoms in total. The maximum absolute atomic E-state index is 5.46. The minimum absolute atomic E-state index is 0.225. The van der Waals surface area contributed by atoms with Crippen LogP contribution in [0.4, 0.5) is 0 Å². The lowest BCUT2D eigenvalue weighted by atomic mass is 10.3. The molecule has 5 heteroatoms. The van der Waals surface area contributed by atoms with E-state index in [0.29, 0.717) is 12.3 Å². The van der Waals surface area contributed by atoms with Crippen molar-refractivity contribution in [3.63, 3.8) is 0 Å². The molecule has 0 aliphatic heterocycles. The highest BCUT2D eigenvalue weighted by atomic mass is 16.6. The summed E-state index contributed by atoms with van der Waals surface area (Å²) in [4.78, 5) is 4.16. The second kappa shape index (κ2) is 5.36. The van der Waals surface area contributed by atoms with Crippen LogP contribution in [0, 0.1) is 0 Å². The molecule has 1 aromatic carbocycles. The SMILES string of the molecule is CNCc1coc(Oc2cccc(OC)c2)n1. The molecule has 0 saturated heterocycles. The molecule has 0 saturated carbocycles. The highest BCUT2D eigenvalue weighted by Crippen LogP contribution is 2.24. The van der Waals surface area contributed by atoms with Crippen LogP contribution < -0.4 is 14.8 Å². The largest absolute Gasteiger partial charge is 0.497 e. The van der Waals surface area contributed by atoms with Gasteiger partial charge in [0.1, 0.15) is 17.8 Å². The molecule has 0 aliphatic rings. The van der Waals surface area contributed by atoms with E-state index < -0.39 is 0 Å². The molecule has 17 heavy (non-hydrogen) atoms. The zero-order chi connectivity index (χ0) is 12.1. The molecule has 0 radical (unpaired) electrons. The van der Waals surface area contributed by atoms with Gasteiger partial charge < -0.3 is 19.2 Å². The number of benzene rings is 1. The van der Waals surface area contributed by atoms with E-state index >= 15 is 0 Å². The second-order valence-corrected chi connectivity index (χ2v) is 3.42. The van der Waals surface area contributed by atoms with E-state index in [-0.39, 0.29) is 6.08 Å². The number of aromatic nitrogens is 1. The van der Waals surface area contributed by atoms with Crippen molar-refractivity contribution in [1.82, 2.24) is 10.3 Å². The smallest absolute Gasteiger partial charge is 0.399 e. The van der Waals surface area contributed by atoms with Crippen molar-refractivity contribution in [2.24, 2.45) is 0 Å². The Morgan fingerprint density at radius 2 is 2.18 bits per heavy atom. The average molecular weight is 234 g/mol. The van der Waals surface area contributed by atoms with E-state index in [0.717, 1.165) is 11.4 Å². The first-order valence-electron chi connectivity index (χ1n) is 5.22. The van der Waals surface area contributed by atoms with Crippen molar-refractivity contribution in [3.05, 3.63) is 36.2 Å². The van der Waals surface area contributed by atoms with E-state index in [9.17, 15) is 0 Å². The van der Waals surface area contributed by atoms with Crippen LogP contribution in [0.1, 0.15) is 5.69 Å². The van der Waals surface area contributed by atoms with Gasteiger partial charge in [0, 0.05) is 12.6 Å². The van der Waals surface area contributed by atoms with Crippen molar-refractivity contribution in [1.29, 1.82) is 0 Å². The van der Waals surface area contributed by atoms with E-state index in [1.54, 1.807) is 19.4 Å². The van der Waals surface area contributed by atoms with Gasteiger partial charge in [0.25, 0.3) is 0 Å². The molecule has 2 rings (SSSR count). The van der Waals surface area contributed by atoms with Crippen molar-refractivity contribution < 1.29 is 13.9 Å². The number of oxazole rings is 1. The number of methoxy groups -OCH3 is 1. The Hall–Kier alpha value is -2.01. The highest BCUT2D eigenvalue weighted by molar-refractivity contribution is 5.34. The summed E-state index contributed by atoms with van der Waals surface area (Å²) in [6.45, 7) is 0.644. The van der Waals surface area contributed by atoms with E-state index in [4.69, 9.17) is 13.9 Å². The highest BCUT2D eigenvalue weighted by Gasteiger charge is 2.06. The maximum atomic E-state index is 5.46. The van der Waals surface area contributed by atoms with Gasteiger partial charge >= 0.3 is 6.08 Å². The molecule has 0 atom stereocenters. The first-order chi connectivity index (χ1) is 8.31. The number of nitrogens with one attached hydrogen (secondary N) is 1. The van der Waals surface area contributed by atoms with E-state index in [1.807, 2.05) is 25.2 Å². The van der Waals surface area contributed by atoms with Gasteiger partial charge in [-0.3, -0.25) is 0 Å². The van der Waals surface area contributed by atoms with Crippen LogP contribution in [0.2, 0.25) is 0 Å². The maximum Gasteiger partial charge on any atom is 0.399 e. The molecule has 0 amide bonds. The van der Waals surface area contributed by atoms with Gasteiger partial charge in [0.2, 0.25) is 0 Å². The van der Waals surface area contributed by atoms with Crippen LogP contribution in [0.15, 0.2) is 34.9 Å². The Balaban J connectivity index is 2.08. The molecule has 0 fully saturated rings. The van der Waals surface area contributed by atoms with Crippen LogP contribution in [-0.2, 0) is 6.54 Å². The lowest BCUT2D eigenvalue weighted by Crippen LogP contribution is -2.04. The summed E-state index contributed by atoms with van der Waals surface area (Å²) in [6, 6.07) is 7.26. The van der Waals surface area contributed by atoms with Gasteiger partial charge in [0.15, 0.2) is 0 Å². The minimum Gasteiger partial charge on any atom is -0.497 e. The van der Waals surface area contributed by atoms with Crippen LogP contribution >= 0.6 is 0 Å². The minimum atomic E-state index is 0.225. The summed E-state index contributed by atoms with van der Waals surface area (Å²) in [7, 11) is 3.45. The molecule has 1 heterocycles. The quantitative estimate of drug-likeness (QED) is 0.859. The predicted molar refractivity (Wildman–Crippen MR) is 62.3 cm³/mol. The number of rotatable bonds is 5. The molecule has 1 aromatic heterocycles. The Kier molecular flexibility index (Phi) is 3.62. The fraction of sp³-hybridized carbons (Fsp3) is 0.250. The molecule has 0 aliphatic carbocycles. The molecule has 2 aromatic rings. The topological polar surface area (TPSA) is 56.5 Å². The number of hydrogen-bond acceptors (Lipinski definition) is 5. The van der Waals surface area contributed by atoms with Crippen LogP contribution in [-0.4, -0.2) is 19.1 Å². The van der Waals surface area contributed by atoms with Crippen LogP contribution in [0.25, 0.3) is 0 Å². The van der Waals surface area contributed by atoms with Crippen molar-refractivity contribution >= 4 is 0 Å². The van der Waals surface area contributed by atoms with Crippen molar-refractivity contribution in [3.8, 4) is 17.6 Å². The van der Waals surface area contributed by atoms with Crippen LogP contribution in [0.5, 0.6) is 17.6 Å². The summed E-state index contributed by atoms with van der Waals surface area (Å²) in [6.07, 6.45) is 1.79. The Morgan fingerprint density at radius 3 is 2.94 bits per heavy atom. The lowest BCUT2D eigenvalue weighted by Gasteiger charge is -2.02. The molecular weight excluding hydrogens is 220 g/mol. The second-order valence-electron chi connectivity index (χ2n) is 3.42. The van der Waals surface area contributed by atoms with Gasteiger partial charge in [-0.05, 0) is 19.2 Å². The lowest BCUT2D eigenvalue weighted by molar-refractivity contribution is 0.328. The monoisotopic (exact) mass is 234 g/mol. The summed E-state index contributed by atoms with van der Waals surface area (Å²) in [5, 5.41) is 2.98. The summed E-state index contributed by atoms with van der Waals surface area (Å²) in [5.74, 6) is 1.35. The molecule has 90 valence electrons. The summed E-state index contributed by atoms with van der Waals surface area (Å²) in [5.41, 5.74) is 0.797. The number of hydrogen-bond donors (Lipinski definition) is 1. The van der Waals surface area contributed by atoms with Gasteiger partial charge in [-0.25, -0.2) is 0 Å². The van der Waals surface area contributed by atoms with Crippen molar-refractivity contribution in [2.75, 3.05) is 14.2 Å². The molecule has 0 spiro atoms. The Labute approximate surface area is 99.4 Å². The third kappa shape index (κ3) is 2.98. The van der Waals surface area contributed by atoms with Gasteiger partial charge in [-0.1, -0.05) is 6.07 Å². The summed E-state index contributed by atoms with van der Waals surface area (Å²) >= 11 is 0. The fourth-order valence-corrected chi connectivity index (χ4v) is 1.36.